The average Bonchev–Trinajstić information content (AvgIpc) is 2.79. The molecule has 0 bridgehead atoms. The first-order valence-electron chi connectivity index (χ1n) is 10.3. The van der Waals surface area contributed by atoms with Crippen LogP contribution < -0.4 is 19.1 Å². The molecule has 1 aliphatic rings. The molecule has 0 aliphatic carbocycles. The summed E-state index contributed by atoms with van der Waals surface area (Å²) >= 11 is 0. The average molecular weight is 471 g/mol. The molecule has 172 valence electrons. The summed E-state index contributed by atoms with van der Waals surface area (Å²) in [4.78, 5) is 12.8. The van der Waals surface area contributed by atoms with Crippen LogP contribution in [0.1, 0.15) is 11.1 Å². The number of hydrogen-bond donors (Lipinski definition) is 1. The molecule has 7 nitrogen and oxygen atoms in total. The van der Waals surface area contributed by atoms with Gasteiger partial charge in [0.15, 0.2) is 11.5 Å². The molecule has 3 aromatic carbocycles. The molecule has 0 fully saturated rings. The smallest absolute Gasteiger partial charge is 0.264 e. The molecule has 0 aromatic heterocycles. The van der Waals surface area contributed by atoms with Gasteiger partial charge < -0.3 is 14.8 Å². The Labute approximate surface area is 191 Å². The molecule has 0 unspecified atom stereocenters. The van der Waals surface area contributed by atoms with Crippen LogP contribution >= 0.6 is 0 Å². The Hall–Kier alpha value is -3.59. The van der Waals surface area contributed by atoms with E-state index >= 15 is 0 Å². The normalized spacial score (nSPS) is 12.8. The first kappa shape index (κ1) is 22.6. The largest absolute Gasteiger partial charge is 0.486 e. The second-order valence-electron chi connectivity index (χ2n) is 7.66. The molecule has 1 heterocycles. The van der Waals surface area contributed by atoms with Gasteiger partial charge >= 0.3 is 0 Å². The lowest BCUT2D eigenvalue weighted by molar-refractivity contribution is -0.114. The van der Waals surface area contributed by atoms with Crippen LogP contribution in [0.5, 0.6) is 11.5 Å². The topological polar surface area (TPSA) is 84.9 Å². The number of sulfonamides is 1. The van der Waals surface area contributed by atoms with E-state index in [1.54, 1.807) is 6.07 Å². The number of halogens is 1. The van der Waals surface area contributed by atoms with Crippen LogP contribution in [-0.4, -0.2) is 34.1 Å². The van der Waals surface area contributed by atoms with E-state index in [-0.39, 0.29) is 10.6 Å². The number of rotatable bonds is 6. The SMILES string of the molecule is Cc1ccc(NC(=O)CN(c2ccc(F)cc2)S(=O)(=O)c2ccc3c(c2)OCCO3)c(C)c1. The van der Waals surface area contributed by atoms with Crippen LogP contribution in [0.25, 0.3) is 0 Å². The first-order valence-corrected chi connectivity index (χ1v) is 11.7. The Morgan fingerprint density at radius 1 is 0.970 bits per heavy atom. The van der Waals surface area contributed by atoms with Crippen molar-refractivity contribution in [3.8, 4) is 11.5 Å². The van der Waals surface area contributed by atoms with E-state index in [1.807, 2.05) is 26.0 Å². The van der Waals surface area contributed by atoms with Gasteiger partial charge in [-0.2, -0.15) is 0 Å². The van der Waals surface area contributed by atoms with Crippen molar-refractivity contribution in [3.63, 3.8) is 0 Å². The number of nitrogens with zero attached hydrogens (tertiary/aromatic N) is 1. The number of carbonyl (C=O) groups is 1. The maximum atomic E-state index is 13.6. The molecule has 0 radical (unpaired) electrons. The lowest BCUT2D eigenvalue weighted by Gasteiger charge is -2.25. The van der Waals surface area contributed by atoms with E-state index in [0.29, 0.717) is 30.4 Å². The molecule has 4 rings (SSSR count). The Morgan fingerprint density at radius 2 is 1.67 bits per heavy atom. The predicted molar refractivity (Wildman–Crippen MR) is 123 cm³/mol. The molecule has 1 N–H and O–H groups in total. The number of fused-ring (bicyclic) bond motifs is 1. The lowest BCUT2D eigenvalue weighted by atomic mass is 10.1. The number of amides is 1. The minimum Gasteiger partial charge on any atom is -0.486 e. The third kappa shape index (κ3) is 4.93. The third-order valence-corrected chi connectivity index (χ3v) is 6.93. The molecule has 0 saturated heterocycles. The highest BCUT2D eigenvalue weighted by atomic mass is 32.2. The molecular formula is C24H23FN2O5S. The summed E-state index contributed by atoms with van der Waals surface area (Å²) in [6.07, 6.45) is 0. The second kappa shape index (κ2) is 9.11. The second-order valence-corrected chi connectivity index (χ2v) is 9.52. The van der Waals surface area contributed by atoms with E-state index in [2.05, 4.69) is 5.32 Å². The Morgan fingerprint density at radius 3 is 2.36 bits per heavy atom. The number of carbonyl (C=O) groups excluding carboxylic acids is 1. The van der Waals surface area contributed by atoms with Crippen molar-refractivity contribution in [2.45, 2.75) is 18.7 Å². The summed E-state index contributed by atoms with van der Waals surface area (Å²) < 4.78 is 52.5. The fourth-order valence-electron chi connectivity index (χ4n) is 3.51. The van der Waals surface area contributed by atoms with Gasteiger partial charge in [-0.1, -0.05) is 17.7 Å². The minimum absolute atomic E-state index is 0.0737. The van der Waals surface area contributed by atoms with Crippen molar-refractivity contribution < 1.29 is 27.1 Å². The van der Waals surface area contributed by atoms with Crippen molar-refractivity contribution in [2.75, 3.05) is 29.4 Å². The van der Waals surface area contributed by atoms with Crippen LogP contribution in [0.3, 0.4) is 0 Å². The zero-order valence-electron chi connectivity index (χ0n) is 18.2. The number of aryl methyl sites for hydroxylation is 2. The van der Waals surface area contributed by atoms with Crippen molar-refractivity contribution in [1.29, 1.82) is 0 Å². The van der Waals surface area contributed by atoms with E-state index in [0.717, 1.165) is 27.6 Å². The number of ether oxygens (including phenoxy) is 2. The number of anilines is 2. The highest BCUT2D eigenvalue weighted by Gasteiger charge is 2.29. The molecule has 3 aromatic rings. The van der Waals surface area contributed by atoms with Gasteiger partial charge in [0, 0.05) is 11.8 Å². The van der Waals surface area contributed by atoms with Crippen LogP contribution in [0, 0.1) is 19.7 Å². The van der Waals surface area contributed by atoms with Gasteiger partial charge in [-0.25, -0.2) is 12.8 Å². The van der Waals surface area contributed by atoms with Gasteiger partial charge in [-0.3, -0.25) is 9.10 Å². The van der Waals surface area contributed by atoms with E-state index in [1.165, 1.54) is 30.3 Å². The highest BCUT2D eigenvalue weighted by Crippen LogP contribution is 2.34. The van der Waals surface area contributed by atoms with Crippen LogP contribution in [0.15, 0.2) is 65.6 Å². The maximum absolute atomic E-state index is 13.6. The molecule has 1 aliphatic heterocycles. The molecular weight excluding hydrogens is 447 g/mol. The highest BCUT2D eigenvalue weighted by molar-refractivity contribution is 7.92. The number of nitrogens with one attached hydrogen (secondary N) is 1. The summed E-state index contributed by atoms with van der Waals surface area (Å²) in [5.41, 5.74) is 2.63. The van der Waals surface area contributed by atoms with Crippen molar-refractivity contribution in [3.05, 3.63) is 77.6 Å². The van der Waals surface area contributed by atoms with Gasteiger partial charge in [0.25, 0.3) is 10.0 Å². The van der Waals surface area contributed by atoms with Gasteiger partial charge in [0.05, 0.1) is 10.6 Å². The standard InChI is InChI=1S/C24H23FN2O5S/c1-16-3-9-21(17(2)13-16)26-24(28)15-27(19-6-4-18(25)5-7-19)33(29,30)20-8-10-22-23(14-20)32-12-11-31-22/h3-10,13-14H,11-12,15H2,1-2H3,(H,26,28). The van der Waals surface area contributed by atoms with Gasteiger partial charge in [-0.05, 0) is 61.9 Å². The maximum Gasteiger partial charge on any atom is 0.264 e. The van der Waals surface area contributed by atoms with Crippen LogP contribution in [0.2, 0.25) is 0 Å². The van der Waals surface area contributed by atoms with E-state index < -0.39 is 28.3 Å². The lowest BCUT2D eigenvalue weighted by Crippen LogP contribution is -2.38. The minimum atomic E-state index is -4.19. The van der Waals surface area contributed by atoms with Gasteiger partial charge in [-0.15, -0.1) is 0 Å². The van der Waals surface area contributed by atoms with Crippen LogP contribution in [-0.2, 0) is 14.8 Å². The summed E-state index contributed by atoms with van der Waals surface area (Å²) in [7, 11) is -4.19. The fraction of sp³-hybridized carbons (Fsp3) is 0.208. The Bertz CT molecular complexity index is 1290. The van der Waals surface area contributed by atoms with Crippen molar-refractivity contribution >= 4 is 27.3 Å². The molecule has 33 heavy (non-hydrogen) atoms. The molecule has 0 spiro atoms. The fourth-order valence-corrected chi connectivity index (χ4v) is 4.94. The molecule has 0 saturated carbocycles. The molecule has 1 amide bonds. The molecule has 9 heteroatoms. The van der Waals surface area contributed by atoms with Gasteiger partial charge in [0.1, 0.15) is 25.6 Å². The Kier molecular flexibility index (Phi) is 6.24. The predicted octanol–water partition coefficient (Wildman–Crippen LogP) is 4.05. The van der Waals surface area contributed by atoms with E-state index in [4.69, 9.17) is 9.47 Å². The van der Waals surface area contributed by atoms with E-state index in [9.17, 15) is 17.6 Å². The number of benzene rings is 3. The van der Waals surface area contributed by atoms with Crippen molar-refractivity contribution in [2.24, 2.45) is 0 Å². The number of hydrogen-bond acceptors (Lipinski definition) is 5. The quantitative estimate of drug-likeness (QED) is 0.588. The van der Waals surface area contributed by atoms with Gasteiger partial charge in [0.2, 0.25) is 5.91 Å². The summed E-state index contributed by atoms with van der Waals surface area (Å²) in [6, 6.07) is 14.7. The summed E-state index contributed by atoms with van der Waals surface area (Å²) in [5.74, 6) is -0.301. The zero-order valence-corrected chi connectivity index (χ0v) is 19.0. The monoisotopic (exact) mass is 470 g/mol. The van der Waals surface area contributed by atoms with Crippen molar-refractivity contribution in [1.82, 2.24) is 0 Å². The third-order valence-electron chi connectivity index (χ3n) is 5.16. The Balaban J connectivity index is 1.67. The first-order chi connectivity index (χ1) is 15.7. The summed E-state index contributed by atoms with van der Waals surface area (Å²) in [6.45, 7) is 3.96. The van der Waals surface area contributed by atoms with Crippen LogP contribution in [0.4, 0.5) is 15.8 Å². The zero-order chi connectivity index (χ0) is 23.6. The summed E-state index contributed by atoms with van der Waals surface area (Å²) in [5, 5.41) is 2.76. The molecule has 0 atom stereocenters.